The maximum Gasteiger partial charge on any atom is 0.0363 e. The summed E-state index contributed by atoms with van der Waals surface area (Å²) in [6.45, 7) is 10.2. The summed E-state index contributed by atoms with van der Waals surface area (Å²) >= 11 is 0. The molecule has 0 radical (unpaired) electrons. The number of nitrogens with zero attached hydrogens (tertiary/aromatic N) is 1. The van der Waals surface area contributed by atoms with Crippen molar-refractivity contribution in [1.82, 2.24) is 15.5 Å². The van der Waals surface area contributed by atoms with E-state index < -0.39 is 0 Å². The van der Waals surface area contributed by atoms with Gasteiger partial charge in [0.15, 0.2) is 0 Å². The fraction of sp³-hybridized carbons (Fsp3) is 1.00. The molecule has 13 heavy (non-hydrogen) atoms. The van der Waals surface area contributed by atoms with E-state index in [1.54, 1.807) is 0 Å². The highest BCUT2D eigenvalue weighted by Gasteiger charge is 2.30. The number of likely N-dealkylation sites (N-methyl/N-ethyl adjacent to an activating group) is 2. The van der Waals surface area contributed by atoms with Gasteiger partial charge in [-0.3, -0.25) is 0 Å². The van der Waals surface area contributed by atoms with Gasteiger partial charge < -0.3 is 15.5 Å². The van der Waals surface area contributed by atoms with Crippen LogP contribution in [-0.4, -0.2) is 49.7 Å². The Morgan fingerprint density at radius 3 is 2.38 bits per heavy atom. The maximum absolute atomic E-state index is 3.60. The molecule has 0 aromatic rings. The molecule has 1 fully saturated rings. The van der Waals surface area contributed by atoms with Gasteiger partial charge in [-0.2, -0.15) is 0 Å². The zero-order valence-corrected chi connectivity index (χ0v) is 9.30. The Hall–Kier alpha value is -0.120. The predicted octanol–water partition coefficient (Wildman–Crippen LogP) is 0.277. The first-order valence-corrected chi connectivity index (χ1v) is 5.33. The molecule has 0 amide bonds. The number of rotatable bonds is 4. The molecule has 1 aliphatic rings. The van der Waals surface area contributed by atoms with Gasteiger partial charge in [-0.25, -0.2) is 0 Å². The smallest absolute Gasteiger partial charge is 0.0363 e. The standard InChI is InChI=1S/C10H23N3/c1-5-13-6-9(11-4)10(7-13)12-8(2)3/h8-12H,5-7H2,1-4H3/t9-,10-/m1/s1. The molecule has 0 aromatic carbocycles. The molecule has 78 valence electrons. The van der Waals surface area contributed by atoms with Gasteiger partial charge in [-0.1, -0.05) is 20.8 Å². The number of hydrogen-bond donors (Lipinski definition) is 2. The SMILES string of the molecule is CCN1C[C@@H](NC)[C@H](NC(C)C)C1. The van der Waals surface area contributed by atoms with Crippen molar-refractivity contribution in [1.29, 1.82) is 0 Å². The van der Waals surface area contributed by atoms with Crippen LogP contribution < -0.4 is 10.6 Å². The van der Waals surface area contributed by atoms with E-state index in [-0.39, 0.29) is 0 Å². The van der Waals surface area contributed by atoms with Gasteiger partial charge in [0.25, 0.3) is 0 Å². The quantitative estimate of drug-likeness (QED) is 0.658. The summed E-state index contributed by atoms with van der Waals surface area (Å²) in [5, 5.41) is 6.98. The molecule has 2 N–H and O–H groups in total. The average molecular weight is 185 g/mol. The van der Waals surface area contributed by atoms with Crippen LogP contribution in [-0.2, 0) is 0 Å². The van der Waals surface area contributed by atoms with Gasteiger partial charge in [0.05, 0.1) is 0 Å². The minimum atomic E-state index is 0.581. The lowest BCUT2D eigenvalue weighted by molar-refractivity contribution is 0.340. The van der Waals surface area contributed by atoms with Gasteiger partial charge in [0.1, 0.15) is 0 Å². The molecule has 0 saturated carbocycles. The van der Waals surface area contributed by atoms with Crippen LogP contribution in [0.5, 0.6) is 0 Å². The van der Waals surface area contributed by atoms with Crippen LogP contribution in [0.15, 0.2) is 0 Å². The van der Waals surface area contributed by atoms with Crippen LogP contribution >= 0.6 is 0 Å². The minimum Gasteiger partial charge on any atom is -0.314 e. The van der Waals surface area contributed by atoms with Crippen LogP contribution in [0.25, 0.3) is 0 Å². The molecule has 0 aliphatic carbocycles. The Labute approximate surface area is 81.9 Å². The molecule has 3 heteroatoms. The number of likely N-dealkylation sites (tertiary alicyclic amines) is 1. The van der Waals surface area contributed by atoms with Crippen molar-refractivity contribution in [3.8, 4) is 0 Å². The topological polar surface area (TPSA) is 27.3 Å². The third kappa shape index (κ3) is 2.93. The molecular formula is C10H23N3. The molecule has 1 heterocycles. The molecule has 3 nitrogen and oxygen atoms in total. The summed E-state index contributed by atoms with van der Waals surface area (Å²) in [5.74, 6) is 0. The lowest BCUT2D eigenvalue weighted by Gasteiger charge is -2.21. The van der Waals surface area contributed by atoms with Gasteiger partial charge in [0, 0.05) is 31.2 Å². The highest BCUT2D eigenvalue weighted by atomic mass is 15.2. The molecule has 1 rings (SSSR count). The Bertz CT molecular complexity index is 147. The van der Waals surface area contributed by atoms with E-state index >= 15 is 0 Å². The fourth-order valence-electron chi connectivity index (χ4n) is 2.03. The fourth-order valence-corrected chi connectivity index (χ4v) is 2.03. The van der Waals surface area contributed by atoms with Crippen molar-refractivity contribution in [3.63, 3.8) is 0 Å². The Morgan fingerprint density at radius 1 is 1.31 bits per heavy atom. The first-order valence-electron chi connectivity index (χ1n) is 5.33. The predicted molar refractivity (Wildman–Crippen MR) is 57.0 cm³/mol. The highest BCUT2D eigenvalue weighted by Crippen LogP contribution is 2.09. The third-order valence-corrected chi connectivity index (χ3v) is 2.76. The molecule has 0 spiro atoms. The molecule has 2 atom stereocenters. The third-order valence-electron chi connectivity index (χ3n) is 2.76. The van der Waals surface area contributed by atoms with Gasteiger partial charge in [-0.15, -0.1) is 0 Å². The number of nitrogens with one attached hydrogen (secondary N) is 2. The minimum absolute atomic E-state index is 0.581. The monoisotopic (exact) mass is 185 g/mol. The normalized spacial score (nSPS) is 30.2. The van der Waals surface area contributed by atoms with E-state index in [0.29, 0.717) is 18.1 Å². The largest absolute Gasteiger partial charge is 0.314 e. The Morgan fingerprint density at radius 2 is 1.92 bits per heavy atom. The molecule has 1 aliphatic heterocycles. The van der Waals surface area contributed by atoms with E-state index in [1.165, 1.54) is 13.1 Å². The van der Waals surface area contributed by atoms with E-state index in [1.807, 2.05) is 0 Å². The molecule has 0 bridgehead atoms. The summed E-state index contributed by atoms with van der Waals surface area (Å²) in [5.41, 5.74) is 0. The average Bonchev–Trinajstić information content (AvgIpc) is 2.46. The summed E-state index contributed by atoms with van der Waals surface area (Å²) in [4.78, 5) is 2.49. The number of hydrogen-bond acceptors (Lipinski definition) is 3. The van der Waals surface area contributed by atoms with Gasteiger partial charge >= 0.3 is 0 Å². The molecule has 0 unspecified atom stereocenters. The lowest BCUT2D eigenvalue weighted by Crippen LogP contribution is -2.48. The van der Waals surface area contributed by atoms with Crippen molar-refractivity contribution in [2.45, 2.75) is 38.9 Å². The molecular weight excluding hydrogens is 162 g/mol. The van der Waals surface area contributed by atoms with Gasteiger partial charge in [-0.05, 0) is 13.6 Å². The maximum atomic E-state index is 3.60. The summed E-state index contributed by atoms with van der Waals surface area (Å²) < 4.78 is 0. The molecule has 0 aromatic heterocycles. The summed E-state index contributed by atoms with van der Waals surface area (Å²) in [6, 6.07) is 1.81. The van der Waals surface area contributed by atoms with Crippen molar-refractivity contribution in [2.24, 2.45) is 0 Å². The first kappa shape index (κ1) is 11.0. The van der Waals surface area contributed by atoms with Crippen molar-refractivity contribution >= 4 is 0 Å². The van der Waals surface area contributed by atoms with E-state index in [0.717, 1.165) is 6.54 Å². The van der Waals surface area contributed by atoms with Crippen LogP contribution in [0.2, 0.25) is 0 Å². The lowest BCUT2D eigenvalue weighted by atomic mass is 10.1. The van der Waals surface area contributed by atoms with Crippen molar-refractivity contribution in [3.05, 3.63) is 0 Å². The zero-order valence-electron chi connectivity index (χ0n) is 9.30. The van der Waals surface area contributed by atoms with Crippen LogP contribution in [0.3, 0.4) is 0 Å². The van der Waals surface area contributed by atoms with Crippen LogP contribution in [0.1, 0.15) is 20.8 Å². The Balaban J connectivity index is 2.43. The first-order chi connectivity index (χ1) is 6.17. The second-order valence-electron chi connectivity index (χ2n) is 4.18. The zero-order chi connectivity index (χ0) is 9.84. The van der Waals surface area contributed by atoms with Crippen molar-refractivity contribution in [2.75, 3.05) is 26.7 Å². The summed E-state index contributed by atoms with van der Waals surface area (Å²) in [6.07, 6.45) is 0. The summed E-state index contributed by atoms with van der Waals surface area (Å²) in [7, 11) is 2.05. The molecule has 1 saturated heterocycles. The van der Waals surface area contributed by atoms with Gasteiger partial charge in [0.2, 0.25) is 0 Å². The second kappa shape index (κ2) is 4.94. The Kier molecular flexibility index (Phi) is 4.16. The van der Waals surface area contributed by atoms with E-state index in [2.05, 4.69) is 43.4 Å². The van der Waals surface area contributed by atoms with E-state index in [4.69, 9.17) is 0 Å². The van der Waals surface area contributed by atoms with Crippen LogP contribution in [0, 0.1) is 0 Å². The highest BCUT2D eigenvalue weighted by molar-refractivity contribution is 4.93. The van der Waals surface area contributed by atoms with E-state index in [9.17, 15) is 0 Å². The second-order valence-corrected chi connectivity index (χ2v) is 4.18. The van der Waals surface area contributed by atoms with Crippen LogP contribution in [0.4, 0.5) is 0 Å². The van der Waals surface area contributed by atoms with Crippen molar-refractivity contribution < 1.29 is 0 Å².